The Morgan fingerprint density at radius 3 is 1.76 bits per heavy atom. The van der Waals surface area contributed by atoms with Crippen LogP contribution in [0.5, 0.6) is 0 Å². The number of nitrogens with one attached hydrogen (secondary N) is 1. The second kappa shape index (κ2) is 10.2. The summed E-state index contributed by atoms with van der Waals surface area (Å²) in [6, 6.07) is 28.6. The molecule has 0 aromatic heterocycles. The Balaban J connectivity index is 1.72. The molecule has 0 unspecified atom stereocenters. The minimum atomic E-state index is -0.832. The molecule has 3 rings (SSSR count). The van der Waals surface area contributed by atoms with Gasteiger partial charge in [-0.15, -0.1) is 0 Å². The topological polar surface area (TPSA) is 55.4 Å². The van der Waals surface area contributed by atoms with Crippen LogP contribution < -0.4 is 5.32 Å². The Hall–Kier alpha value is -3.40. The molecule has 0 aliphatic carbocycles. The number of hydrogen-bond acceptors (Lipinski definition) is 3. The molecule has 0 fully saturated rings. The summed E-state index contributed by atoms with van der Waals surface area (Å²) < 4.78 is 5.67. The van der Waals surface area contributed by atoms with Crippen molar-refractivity contribution in [1.29, 1.82) is 0 Å². The average Bonchev–Trinajstić information content (AvgIpc) is 2.78. The third kappa shape index (κ3) is 5.55. The van der Waals surface area contributed by atoms with Gasteiger partial charge in [0.05, 0.1) is 0 Å². The van der Waals surface area contributed by atoms with Gasteiger partial charge in [0.15, 0.2) is 6.10 Å². The molecule has 3 aromatic rings. The van der Waals surface area contributed by atoms with Gasteiger partial charge in [0.25, 0.3) is 5.91 Å². The van der Waals surface area contributed by atoms with Crippen molar-refractivity contribution >= 4 is 11.9 Å². The van der Waals surface area contributed by atoms with Crippen LogP contribution >= 0.6 is 0 Å². The first kappa shape index (κ1) is 20.3. The maximum atomic E-state index is 13.1. The zero-order valence-corrected chi connectivity index (χ0v) is 16.5. The van der Waals surface area contributed by atoms with Crippen LogP contribution in [0.1, 0.15) is 36.0 Å². The molecule has 3 aromatic carbocycles. The van der Waals surface area contributed by atoms with Gasteiger partial charge in [-0.05, 0) is 23.1 Å². The van der Waals surface area contributed by atoms with E-state index in [1.54, 1.807) is 0 Å². The first-order chi connectivity index (χ1) is 14.2. The van der Waals surface area contributed by atoms with E-state index in [9.17, 15) is 9.59 Å². The van der Waals surface area contributed by atoms with Crippen LogP contribution in [0.25, 0.3) is 0 Å². The predicted octanol–water partition coefficient (Wildman–Crippen LogP) is 4.46. The summed E-state index contributed by atoms with van der Waals surface area (Å²) in [6.45, 7) is 2.23. The first-order valence-electron chi connectivity index (χ1n) is 9.81. The molecule has 148 valence electrons. The summed E-state index contributed by atoms with van der Waals surface area (Å²) in [6.07, 6.45) is -0.427. The van der Waals surface area contributed by atoms with E-state index < -0.39 is 18.0 Å². The predicted molar refractivity (Wildman–Crippen MR) is 113 cm³/mol. The Labute approximate surface area is 171 Å². The fourth-order valence-corrected chi connectivity index (χ4v) is 3.18. The molecule has 0 saturated heterocycles. The summed E-state index contributed by atoms with van der Waals surface area (Å²) in [7, 11) is 0. The molecule has 0 aliphatic heterocycles. The number of rotatable bonds is 8. The van der Waals surface area contributed by atoms with Gasteiger partial charge in [-0.25, -0.2) is 0 Å². The lowest BCUT2D eigenvalue weighted by Crippen LogP contribution is -2.38. The third-order valence-corrected chi connectivity index (χ3v) is 4.73. The van der Waals surface area contributed by atoms with Crippen LogP contribution in [0.15, 0.2) is 91.0 Å². The molecular weight excluding hydrogens is 362 g/mol. The molecule has 1 N–H and O–H groups in total. The molecular formula is C25H25NO3. The van der Waals surface area contributed by atoms with E-state index in [1.807, 2.05) is 97.9 Å². The molecule has 0 saturated carbocycles. The maximum absolute atomic E-state index is 13.1. The summed E-state index contributed by atoms with van der Waals surface area (Å²) in [5, 5.41) is 2.86. The Kier molecular flexibility index (Phi) is 7.17. The van der Waals surface area contributed by atoms with Crippen LogP contribution in [0.3, 0.4) is 0 Å². The van der Waals surface area contributed by atoms with E-state index in [-0.39, 0.29) is 5.91 Å². The largest absolute Gasteiger partial charge is 0.452 e. The molecule has 0 heterocycles. The summed E-state index contributed by atoms with van der Waals surface area (Å²) in [4.78, 5) is 25.7. The van der Waals surface area contributed by atoms with Gasteiger partial charge < -0.3 is 10.1 Å². The normalized spacial score (nSPS) is 11.7. The van der Waals surface area contributed by atoms with Crippen molar-refractivity contribution < 1.29 is 14.3 Å². The lowest BCUT2D eigenvalue weighted by Gasteiger charge is -2.21. The molecule has 4 heteroatoms. The van der Waals surface area contributed by atoms with E-state index in [0.717, 1.165) is 16.7 Å². The number of ether oxygens (including phenoxy) is 1. The standard InChI is InChI=1S/C25H25NO3/c1-2-22(24(27)26-18-19-12-6-3-7-13-19)29-25(28)23(20-14-8-4-9-15-20)21-16-10-5-11-17-21/h3-17,22-23H,2,18H2,1H3,(H,26,27)/t22-/m0/s1. The number of benzene rings is 3. The molecule has 0 bridgehead atoms. The first-order valence-corrected chi connectivity index (χ1v) is 9.81. The van der Waals surface area contributed by atoms with Crippen molar-refractivity contribution in [3.05, 3.63) is 108 Å². The summed E-state index contributed by atoms with van der Waals surface area (Å²) >= 11 is 0. The van der Waals surface area contributed by atoms with Crippen molar-refractivity contribution in [2.75, 3.05) is 0 Å². The molecule has 0 radical (unpaired) electrons. The van der Waals surface area contributed by atoms with Gasteiger partial charge in [0.1, 0.15) is 5.92 Å². The SMILES string of the molecule is CC[C@H](OC(=O)C(c1ccccc1)c1ccccc1)C(=O)NCc1ccccc1. The fourth-order valence-electron chi connectivity index (χ4n) is 3.18. The number of esters is 1. The molecule has 29 heavy (non-hydrogen) atoms. The van der Waals surface area contributed by atoms with E-state index >= 15 is 0 Å². The van der Waals surface area contributed by atoms with E-state index in [4.69, 9.17) is 4.74 Å². The molecule has 1 amide bonds. The van der Waals surface area contributed by atoms with E-state index in [0.29, 0.717) is 13.0 Å². The van der Waals surface area contributed by atoms with Gasteiger partial charge >= 0.3 is 5.97 Å². The average molecular weight is 387 g/mol. The minimum Gasteiger partial charge on any atom is -0.452 e. The highest BCUT2D eigenvalue weighted by atomic mass is 16.5. The van der Waals surface area contributed by atoms with Crippen LogP contribution in [0.4, 0.5) is 0 Å². The molecule has 4 nitrogen and oxygen atoms in total. The summed E-state index contributed by atoms with van der Waals surface area (Å²) in [5.74, 6) is -1.29. The lowest BCUT2D eigenvalue weighted by atomic mass is 9.91. The van der Waals surface area contributed by atoms with E-state index in [1.165, 1.54) is 0 Å². The van der Waals surface area contributed by atoms with Gasteiger partial charge in [0, 0.05) is 6.54 Å². The second-order valence-electron chi connectivity index (χ2n) is 6.79. The van der Waals surface area contributed by atoms with Crippen LogP contribution in [0, 0.1) is 0 Å². The van der Waals surface area contributed by atoms with Crippen LogP contribution in [-0.2, 0) is 20.9 Å². The third-order valence-electron chi connectivity index (χ3n) is 4.73. The number of carbonyl (C=O) groups excluding carboxylic acids is 2. The maximum Gasteiger partial charge on any atom is 0.318 e. The molecule has 1 atom stereocenters. The van der Waals surface area contributed by atoms with Crippen LogP contribution in [-0.4, -0.2) is 18.0 Å². The minimum absolute atomic E-state index is 0.287. The van der Waals surface area contributed by atoms with Crippen molar-refractivity contribution in [3.63, 3.8) is 0 Å². The van der Waals surface area contributed by atoms with E-state index in [2.05, 4.69) is 5.32 Å². The Bertz CT molecular complexity index is 871. The second-order valence-corrected chi connectivity index (χ2v) is 6.79. The van der Waals surface area contributed by atoms with Crippen molar-refractivity contribution in [2.45, 2.75) is 31.9 Å². The highest BCUT2D eigenvalue weighted by molar-refractivity contribution is 5.87. The number of carbonyl (C=O) groups is 2. The molecule has 0 spiro atoms. The van der Waals surface area contributed by atoms with Gasteiger partial charge in [-0.1, -0.05) is 97.9 Å². The molecule has 0 aliphatic rings. The zero-order chi connectivity index (χ0) is 20.5. The quantitative estimate of drug-likeness (QED) is 0.581. The number of hydrogen-bond donors (Lipinski definition) is 1. The van der Waals surface area contributed by atoms with Gasteiger partial charge in [-0.2, -0.15) is 0 Å². The van der Waals surface area contributed by atoms with Gasteiger partial charge in [-0.3, -0.25) is 9.59 Å². The highest BCUT2D eigenvalue weighted by Crippen LogP contribution is 2.26. The Morgan fingerprint density at radius 2 is 1.28 bits per heavy atom. The number of amides is 1. The summed E-state index contributed by atoms with van der Waals surface area (Å²) in [5.41, 5.74) is 2.67. The fraction of sp³-hybridized carbons (Fsp3) is 0.200. The van der Waals surface area contributed by atoms with Crippen LogP contribution in [0.2, 0.25) is 0 Å². The Morgan fingerprint density at radius 1 is 0.793 bits per heavy atom. The zero-order valence-electron chi connectivity index (χ0n) is 16.5. The smallest absolute Gasteiger partial charge is 0.318 e. The highest BCUT2D eigenvalue weighted by Gasteiger charge is 2.29. The van der Waals surface area contributed by atoms with Crippen molar-refractivity contribution in [2.24, 2.45) is 0 Å². The van der Waals surface area contributed by atoms with Gasteiger partial charge in [0.2, 0.25) is 0 Å². The van der Waals surface area contributed by atoms with Crippen molar-refractivity contribution in [1.82, 2.24) is 5.32 Å². The monoisotopic (exact) mass is 387 g/mol. The van der Waals surface area contributed by atoms with Crippen molar-refractivity contribution in [3.8, 4) is 0 Å². The lowest BCUT2D eigenvalue weighted by molar-refractivity contribution is -0.156.